The van der Waals surface area contributed by atoms with E-state index in [1.807, 2.05) is 0 Å². The first kappa shape index (κ1) is 12.2. The van der Waals surface area contributed by atoms with E-state index in [-0.39, 0.29) is 11.1 Å². The lowest BCUT2D eigenvalue weighted by Crippen LogP contribution is -2.21. The van der Waals surface area contributed by atoms with Crippen LogP contribution in [0.3, 0.4) is 0 Å². The maximum absolute atomic E-state index is 11.6. The average Bonchev–Trinajstić information content (AvgIpc) is 2.83. The smallest absolute Gasteiger partial charge is 0.225 e. The number of carbonyl (C=O) groups excluding carboxylic acids is 1. The monoisotopic (exact) mass is 283 g/mol. The number of ketones is 1. The maximum Gasteiger partial charge on any atom is 0.225 e. The van der Waals surface area contributed by atoms with Crippen molar-refractivity contribution in [2.24, 2.45) is 0 Å². The molecule has 1 aromatic heterocycles. The molecule has 1 aliphatic carbocycles. The number of hydrogen-bond donors (Lipinski definition) is 1. The summed E-state index contributed by atoms with van der Waals surface area (Å²) in [4.78, 5) is 20.0. The third kappa shape index (κ3) is 2.47. The molecule has 0 saturated heterocycles. The molecule has 0 amide bonds. The molecule has 1 aliphatic heterocycles. The van der Waals surface area contributed by atoms with Gasteiger partial charge in [-0.15, -0.1) is 0 Å². The highest BCUT2D eigenvalue weighted by atomic mass is 35.5. The van der Waals surface area contributed by atoms with Crippen LogP contribution in [0.2, 0.25) is 5.28 Å². The highest BCUT2D eigenvalue weighted by Gasteiger charge is 2.24. The minimum Gasteiger partial charge on any atom is -0.367 e. The van der Waals surface area contributed by atoms with Gasteiger partial charge in [-0.1, -0.05) is 24.6 Å². The molecule has 0 aromatic carbocycles. The first-order valence-electron chi connectivity index (χ1n) is 6.20. The number of carbonyl (C=O) groups is 1. The number of hydrogen-bond acceptors (Lipinski definition) is 5. The molecule has 6 heteroatoms. The Balaban J connectivity index is 1.91. The van der Waals surface area contributed by atoms with Crippen molar-refractivity contribution in [2.75, 3.05) is 11.1 Å². The normalized spacial score (nSPS) is 19.9. The van der Waals surface area contributed by atoms with Gasteiger partial charge in [0.2, 0.25) is 5.28 Å². The van der Waals surface area contributed by atoms with Crippen molar-refractivity contribution in [2.45, 2.75) is 43.2 Å². The minimum atomic E-state index is 0.230. The number of rotatable bonds is 2. The van der Waals surface area contributed by atoms with Crippen LogP contribution in [0.5, 0.6) is 0 Å². The van der Waals surface area contributed by atoms with Crippen molar-refractivity contribution in [3.63, 3.8) is 0 Å². The highest BCUT2D eigenvalue weighted by molar-refractivity contribution is 8.00. The number of halogens is 1. The Hall–Kier alpha value is -0.810. The van der Waals surface area contributed by atoms with Gasteiger partial charge < -0.3 is 5.32 Å². The van der Waals surface area contributed by atoms with E-state index in [1.165, 1.54) is 24.6 Å². The van der Waals surface area contributed by atoms with Gasteiger partial charge in [0, 0.05) is 18.0 Å². The van der Waals surface area contributed by atoms with Crippen molar-refractivity contribution in [1.29, 1.82) is 0 Å². The molecule has 0 atom stereocenters. The lowest BCUT2D eigenvalue weighted by atomic mass is 10.1. The Kier molecular flexibility index (Phi) is 3.43. The van der Waals surface area contributed by atoms with Gasteiger partial charge in [0.15, 0.2) is 0 Å². The molecular formula is C12H14ClN3OS. The van der Waals surface area contributed by atoms with E-state index < -0.39 is 0 Å². The first-order valence-corrected chi connectivity index (χ1v) is 7.56. The predicted molar refractivity (Wildman–Crippen MR) is 72.4 cm³/mol. The van der Waals surface area contributed by atoms with Gasteiger partial charge >= 0.3 is 0 Å². The molecule has 1 N–H and O–H groups in total. The van der Waals surface area contributed by atoms with Crippen molar-refractivity contribution in [3.8, 4) is 0 Å². The van der Waals surface area contributed by atoms with Crippen molar-refractivity contribution in [3.05, 3.63) is 10.8 Å². The molecule has 96 valence electrons. The van der Waals surface area contributed by atoms with E-state index >= 15 is 0 Å². The van der Waals surface area contributed by atoms with Crippen LogP contribution >= 0.6 is 23.4 Å². The fraction of sp³-hybridized carbons (Fsp3) is 0.583. The van der Waals surface area contributed by atoms with Crippen LogP contribution in [0.1, 0.15) is 31.2 Å². The van der Waals surface area contributed by atoms with Crippen molar-refractivity contribution >= 4 is 35.0 Å². The summed E-state index contributed by atoms with van der Waals surface area (Å²) in [5.41, 5.74) is 0.924. The molecule has 2 heterocycles. The summed E-state index contributed by atoms with van der Waals surface area (Å²) in [6.07, 6.45) is 5.27. The zero-order chi connectivity index (χ0) is 12.5. The van der Waals surface area contributed by atoms with E-state index in [9.17, 15) is 4.79 Å². The lowest BCUT2D eigenvalue weighted by molar-refractivity contribution is -0.116. The van der Waals surface area contributed by atoms with Crippen LogP contribution in [0, 0.1) is 0 Å². The second-order valence-corrected chi connectivity index (χ2v) is 6.06. The molecule has 0 radical (unpaired) electrons. The van der Waals surface area contributed by atoms with Gasteiger partial charge in [-0.05, 0) is 24.4 Å². The summed E-state index contributed by atoms with van der Waals surface area (Å²) in [6, 6.07) is 0.460. The summed E-state index contributed by atoms with van der Waals surface area (Å²) in [5.74, 6) is 1.48. The molecular weight excluding hydrogens is 270 g/mol. The molecule has 18 heavy (non-hydrogen) atoms. The van der Waals surface area contributed by atoms with Gasteiger partial charge in [0.1, 0.15) is 16.6 Å². The van der Waals surface area contributed by atoms with Crippen LogP contribution < -0.4 is 5.32 Å². The van der Waals surface area contributed by atoms with Crippen LogP contribution in [0.25, 0.3) is 0 Å². The summed E-state index contributed by atoms with van der Waals surface area (Å²) in [5, 5.41) is 4.55. The van der Waals surface area contributed by atoms with E-state index in [0.29, 0.717) is 18.2 Å². The van der Waals surface area contributed by atoms with E-state index in [1.54, 1.807) is 0 Å². The molecule has 0 unspecified atom stereocenters. The van der Waals surface area contributed by atoms with Gasteiger partial charge in [0.25, 0.3) is 0 Å². The lowest BCUT2D eigenvalue weighted by Gasteiger charge is -2.20. The fourth-order valence-electron chi connectivity index (χ4n) is 2.50. The van der Waals surface area contributed by atoms with E-state index in [4.69, 9.17) is 11.6 Å². The number of thioether (sulfide) groups is 1. The standard InChI is InChI=1S/C12H14ClN3OS/c13-12-15-10(14-7-3-1-2-4-7)9-5-8(17)6-18-11(9)16-12/h7H,1-6H2,(H,14,15,16). The number of anilines is 1. The molecule has 2 aliphatic rings. The van der Waals surface area contributed by atoms with Crippen LogP contribution in [0.15, 0.2) is 5.03 Å². The van der Waals surface area contributed by atoms with Gasteiger partial charge in [-0.3, -0.25) is 4.79 Å². The first-order chi connectivity index (χ1) is 8.72. The second kappa shape index (κ2) is 5.05. The number of Topliss-reactive ketones (excluding diaryl/α,β-unsaturated/α-hetero) is 1. The maximum atomic E-state index is 11.6. The van der Waals surface area contributed by atoms with Crippen LogP contribution in [0.4, 0.5) is 5.82 Å². The zero-order valence-corrected chi connectivity index (χ0v) is 11.5. The number of aromatic nitrogens is 2. The molecule has 0 bridgehead atoms. The fourth-order valence-corrected chi connectivity index (χ4v) is 3.61. The molecule has 3 rings (SSSR count). The molecule has 4 nitrogen and oxygen atoms in total. The number of nitrogens with zero attached hydrogens (tertiary/aromatic N) is 2. The third-order valence-corrected chi connectivity index (χ3v) is 4.63. The SMILES string of the molecule is O=C1CSc2nc(Cl)nc(NC3CCCC3)c2C1. The van der Waals surface area contributed by atoms with E-state index in [2.05, 4.69) is 15.3 Å². The summed E-state index contributed by atoms with van der Waals surface area (Å²) in [7, 11) is 0. The Morgan fingerprint density at radius 3 is 2.83 bits per heavy atom. The Morgan fingerprint density at radius 1 is 1.28 bits per heavy atom. The quantitative estimate of drug-likeness (QED) is 0.668. The topological polar surface area (TPSA) is 54.9 Å². The van der Waals surface area contributed by atoms with Crippen molar-refractivity contribution < 1.29 is 4.79 Å². The summed E-state index contributed by atoms with van der Waals surface area (Å²) >= 11 is 7.40. The van der Waals surface area contributed by atoms with Crippen LogP contribution in [-0.2, 0) is 11.2 Å². The van der Waals surface area contributed by atoms with Crippen molar-refractivity contribution in [1.82, 2.24) is 9.97 Å². The Bertz CT molecular complexity index is 488. The molecule has 1 aromatic rings. The average molecular weight is 284 g/mol. The summed E-state index contributed by atoms with van der Waals surface area (Å²) in [6.45, 7) is 0. The number of nitrogens with one attached hydrogen (secondary N) is 1. The Labute approximate surface area is 115 Å². The summed E-state index contributed by atoms with van der Waals surface area (Å²) < 4.78 is 0. The largest absolute Gasteiger partial charge is 0.367 e. The Morgan fingerprint density at radius 2 is 2.06 bits per heavy atom. The molecule has 1 saturated carbocycles. The number of fused-ring (bicyclic) bond motifs is 1. The van der Waals surface area contributed by atoms with Gasteiger partial charge in [-0.25, -0.2) is 9.97 Å². The predicted octanol–water partition coefficient (Wildman–Crippen LogP) is 2.70. The third-order valence-electron chi connectivity index (χ3n) is 3.38. The minimum absolute atomic E-state index is 0.230. The van der Waals surface area contributed by atoms with Crippen LogP contribution in [-0.4, -0.2) is 27.5 Å². The van der Waals surface area contributed by atoms with E-state index in [0.717, 1.165) is 29.2 Å². The molecule has 1 fully saturated rings. The zero-order valence-electron chi connectivity index (χ0n) is 9.91. The second-order valence-electron chi connectivity index (χ2n) is 4.75. The van der Waals surface area contributed by atoms with Gasteiger partial charge in [0.05, 0.1) is 5.75 Å². The van der Waals surface area contributed by atoms with Gasteiger partial charge in [-0.2, -0.15) is 0 Å². The highest BCUT2D eigenvalue weighted by Crippen LogP contribution is 2.33. The molecule has 0 spiro atoms.